The summed E-state index contributed by atoms with van der Waals surface area (Å²) in [5.41, 5.74) is -0.191. The van der Waals surface area contributed by atoms with Crippen molar-refractivity contribution in [2.75, 3.05) is 13.2 Å². The van der Waals surface area contributed by atoms with Gasteiger partial charge in [-0.25, -0.2) is 0 Å². The number of aliphatic hydroxyl groups excluding tert-OH is 7. The molecule has 2 fully saturated rings. The Hall–Kier alpha value is -1.98. The van der Waals surface area contributed by atoms with Crippen LogP contribution in [-0.4, -0.2) is 115 Å². The number of rotatable bonds is 7. The summed E-state index contributed by atoms with van der Waals surface area (Å²) in [6, 6.07) is 4.83. The fraction of sp³-hybridized carbons (Fsp3) is 0.667. The first-order valence-electron chi connectivity index (χ1n) is 9.67. The molecule has 10 atom stereocenters. The topological polar surface area (TPSA) is 222 Å². The number of hydrogen-bond donors (Lipinski definition) is 7. The van der Waals surface area contributed by atoms with E-state index in [0.717, 1.165) is 12.1 Å². The van der Waals surface area contributed by atoms with E-state index in [4.69, 9.17) is 18.9 Å². The van der Waals surface area contributed by atoms with Crippen LogP contribution in [0.4, 0.5) is 5.69 Å². The molecule has 14 heteroatoms. The molecule has 2 aliphatic heterocycles. The second-order valence-electron chi connectivity index (χ2n) is 7.37. The van der Waals surface area contributed by atoms with Crippen molar-refractivity contribution in [1.82, 2.24) is 0 Å². The normalized spacial score (nSPS) is 40.1. The molecule has 0 amide bonds. The lowest BCUT2D eigenvalue weighted by atomic mass is 9.97. The van der Waals surface area contributed by atoms with Gasteiger partial charge in [-0.1, -0.05) is 0 Å². The van der Waals surface area contributed by atoms with E-state index in [-0.39, 0.29) is 11.4 Å². The molecular weight excluding hydrogens is 438 g/mol. The fourth-order valence-corrected chi connectivity index (χ4v) is 3.43. The summed E-state index contributed by atoms with van der Waals surface area (Å²) >= 11 is 0. The molecule has 0 unspecified atom stereocenters. The predicted octanol–water partition coefficient (Wildman–Crippen LogP) is -3.40. The van der Waals surface area contributed by atoms with Crippen LogP contribution < -0.4 is 4.74 Å². The first kappa shape index (κ1) is 24.7. The monoisotopic (exact) mass is 463 g/mol. The number of nitrogens with zero attached hydrogens (tertiary/aromatic N) is 1. The van der Waals surface area contributed by atoms with Crippen molar-refractivity contribution < 1.29 is 59.6 Å². The number of hydrogen-bond acceptors (Lipinski definition) is 13. The molecule has 2 aliphatic rings. The molecule has 0 spiro atoms. The van der Waals surface area contributed by atoms with Crippen molar-refractivity contribution in [3.63, 3.8) is 0 Å². The zero-order valence-corrected chi connectivity index (χ0v) is 16.5. The summed E-state index contributed by atoms with van der Waals surface area (Å²) in [4.78, 5) is 10.1. The van der Waals surface area contributed by atoms with Gasteiger partial charge in [-0.2, -0.15) is 0 Å². The number of aliphatic hydroxyl groups is 7. The molecule has 32 heavy (non-hydrogen) atoms. The van der Waals surface area contributed by atoms with Gasteiger partial charge in [-0.05, 0) is 12.1 Å². The van der Waals surface area contributed by atoms with E-state index in [9.17, 15) is 45.9 Å². The van der Waals surface area contributed by atoms with Gasteiger partial charge in [0.25, 0.3) is 5.69 Å². The Morgan fingerprint density at radius 3 is 1.94 bits per heavy atom. The van der Waals surface area contributed by atoms with E-state index >= 15 is 0 Å². The molecule has 3 rings (SSSR count). The van der Waals surface area contributed by atoms with Gasteiger partial charge in [-0.15, -0.1) is 0 Å². The Morgan fingerprint density at radius 2 is 1.38 bits per heavy atom. The molecule has 2 saturated heterocycles. The Labute approximate surface area is 180 Å². The van der Waals surface area contributed by atoms with Crippen molar-refractivity contribution in [2.24, 2.45) is 0 Å². The summed E-state index contributed by atoms with van der Waals surface area (Å²) in [5.74, 6) is 0.0804. The van der Waals surface area contributed by atoms with Gasteiger partial charge in [-0.3, -0.25) is 10.1 Å². The molecule has 1 aromatic rings. The molecule has 7 N–H and O–H groups in total. The summed E-state index contributed by atoms with van der Waals surface area (Å²) in [6.45, 7) is -1.42. The predicted molar refractivity (Wildman–Crippen MR) is 100 cm³/mol. The highest BCUT2D eigenvalue weighted by Crippen LogP contribution is 2.30. The van der Waals surface area contributed by atoms with Crippen LogP contribution >= 0.6 is 0 Å². The molecule has 0 aliphatic carbocycles. The van der Waals surface area contributed by atoms with Gasteiger partial charge in [0.2, 0.25) is 6.29 Å². The van der Waals surface area contributed by atoms with E-state index in [2.05, 4.69) is 0 Å². The van der Waals surface area contributed by atoms with Crippen LogP contribution in [0.3, 0.4) is 0 Å². The van der Waals surface area contributed by atoms with E-state index in [0.29, 0.717) is 0 Å². The Morgan fingerprint density at radius 1 is 0.812 bits per heavy atom. The first-order chi connectivity index (χ1) is 15.2. The lowest BCUT2D eigenvalue weighted by Gasteiger charge is -2.45. The zero-order valence-electron chi connectivity index (χ0n) is 16.5. The Kier molecular flexibility index (Phi) is 7.94. The van der Waals surface area contributed by atoms with E-state index in [1.54, 1.807) is 0 Å². The van der Waals surface area contributed by atoms with Crippen molar-refractivity contribution in [3.8, 4) is 5.75 Å². The van der Waals surface area contributed by atoms with Crippen LogP contribution in [-0.2, 0) is 14.2 Å². The van der Waals surface area contributed by atoms with Crippen LogP contribution in [0.1, 0.15) is 0 Å². The summed E-state index contributed by atoms with van der Waals surface area (Å²) in [5, 5.41) is 80.4. The van der Waals surface area contributed by atoms with Crippen LogP contribution in [0.5, 0.6) is 5.75 Å². The van der Waals surface area contributed by atoms with Crippen molar-refractivity contribution in [1.29, 1.82) is 0 Å². The van der Waals surface area contributed by atoms with Gasteiger partial charge in [0.1, 0.15) is 54.6 Å². The third-order valence-electron chi connectivity index (χ3n) is 5.26. The first-order valence-corrected chi connectivity index (χ1v) is 9.67. The number of nitro benzene ring substituents is 1. The lowest BCUT2D eigenvalue weighted by molar-refractivity contribution is -0.384. The number of non-ortho nitro benzene ring substituents is 1. The molecule has 0 aromatic heterocycles. The number of benzene rings is 1. The summed E-state index contributed by atoms with van der Waals surface area (Å²) in [6.07, 6.45) is -15.7. The minimum atomic E-state index is -1.77. The average molecular weight is 463 g/mol. The highest BCUT2D eigenvalue weighted by atomic mass is 16.7. The Bertz CT molecular complexity index is 760. The van der Waals surface area contributed by atoms with Gasteiger partial charge in [0.05, 0.1) is 18.1 Å². The molecule has 1 aromatic carbocycles. The van der Waals surface area contributed by atoms with Crippen molar-refractivity contribution in [2.45, 2.75) is 61.4 Å². The second kappa shape index (κ2) is 10.3. The summed E-state index contributed by atoms with van der Waals surface area (Å²) in [7, 11) is 0. The number of ether oxygens (including phenoxy) is 4. The SMILES string of the molecule is O=[N+]([O-])c1ccc(O[C@@H]2O[C@@H](CO)[C@@H](O[C@@H]3O[C@H](CO)[C@H](O)[C@@H](O)[C@H]3O)[C@@H](O)[C@H]2O)cc1. The molecule has 0 bridgehead atoms. The largest absolute Gasteiger partial charge is 0.462 e. The van der Waals surface area contributed by atoms with E-state index < -0.39 is 79.5 Å². The van der Waals surface area contributed by atoms with Gasteiger partial charge >= 0.3 is 0 Å². The van der Waals surface area contributed by atoms with Crippen molar-refractivity contribution in [3.05, 3.63) is 34.4 Å². The van der Waals surface area contributed by atoms with Gasteiger partial charge < -0.3 is 54.7 Å². The van der Waals surface area contributed by atoms with Crippen LogP contribution in [0.15, 0.2) is 24.3 Å². The Balaban J connectivity index is 1.70. The quantitative estimate of drug-likeness (QED) is 0.155. The molecule has 2 heterocycles. The average Bonchev–Trinajstić information content (AvgIpc) is 2.79. The highest BCUT2D eigenvalue weighted by Gasteiger charge is 2.51. The standard InChI is InChI=1S/C18H25NO13/c20-5-9-11(22)12(23)14(25)18(30-9)32-16-10(6-21)31-17(15(26)13(16)24)29-8-3-1-7(2-4-8)19(27)28/h1-4,9-18,20-26H,5-6H2/t9-,10+,11+,12-,13+,14-,15-,16-,17-,18+/m1/s1. The lowest BCUT2D eigenvalue weighted by Crippen LogP contribution is -2.65. The van der Waals surface area contributed by atoms with Crippen LogP contribution in [0.25, 0.3) is 0 Å². The third kappa shape index (κ3) is 4.99. The maximum Gasteiger partial charge on any atom is 0.269 e. The second-order valence-corrected chi connectivity index (χ2v) is 7.37. The number of nitro groups is 1. The minimum Gasteiger partial charge on any atom is -0.462 e. The fourth-order valence-electron chi connectivity index (χ4n) is 3.43. The van der Waals surface area contributed by atoms with Crippen molar-refractivity contribution >= 4 is 5.69 Å². The maximum atomic E-state index is 10.7. The molecule has 0 radical (unpaired) electrons. The van der Waals surface area contributed by atoms with E-state index in [1.807, 2.05) is 0 Å². The molecular formula is C18H25NO13. The summed E-state index contributed by atoms with van der Waals surface area (Å²) < 4.78 is 21.5. The molecule has 0 saturated carbocycles. The molecule has 14 nitrogen and oxygen atoms in total. The third-order valence-corrected chi connectivity index (χ3v) is 5.26. The highest BCUT2D eigenvalue weighted by molar-refractivity contribution is 5.36. The maximum absolute atomic E-state index is 10.7. The minimum absolute atomic E-state index is 0.0804. The smallest absolute Gasteiger partial charge is 0.269 e. The van der Waals surface area contributed by atoms with E-state index in [1.165, 1.54) is 12.1 Å². The molecule has 180 valence electrons. The van der Waals surface area contributed by atoms with Gasteiger partial charge in [0.15, 0.2) is 6.29 Å². The van der Waals surface area contributed by atoms with Gasteiger partial charge in [0, 0.05) is 12.1 Å². The van der Waals surface area contributed by atoms with Crippen LogP contribution in [0.2, 0.25) is 0 Å². The zero-order chi connectivity index (χ0) is 23.6. The van der Waals surface area contributed by atoms with Crippen LogP contribution in [0, 0.1) is 10.1 Å².